The van der Waals surface area contributed by atoms with Gasteiger partial charge in [-0.1, -0.05) is 11.8 Å². The Morgan fingerprint density at radius 1 is 1.63 bits per heavy atom. The lowest BCUT2D eigenvalue weighted by Gasteiger charge is -2.44. The second kappa shape index (κ2) is 4.50. The van der Waals surface area contributed by atoms with Crippen LogP contribution in [-0.2, 0) is 14.3 Å². The van der Waals surface area contributed by atoms with Crippen molar-refractivity contribution >= 4 is 23.6 Å². The van der Waals surface area contributed by atoms with E-state index in [1.54, 1.807) is 6.92 Å². The molecule has 2 fully saturated rings. The molecule has 3 aliphatic rings. The van der Waals surface area contributed by atoms with Crippen LogP contribution >= 0.6 is 11.8 Å². The van der Waals surface area contributed by atoms with Gasteiger partial charge in [-0.05, 0) is 19.8 Å². The Morgan fingerprint density at radius 3 is 2.89 bits per heavy atom. The zero-order chi connectivity index (χ0) is 13.7. The molecular formula is C12H14NO5S-. The molecule has 0 saturated carbocycles. The molecule has 0 aliphatic carbocycles. The van der Waals surface area contributed by atoms with Gasteiger partial charge < -0.3 is 19.7 Å². The van der Waals surface area contributed by atoms with Gasteiger partial charge in [-0.3, -0.25) is 9.69 Å². The Balaban J connectivity index is 1.91. The summed E-state index contributed by atoms with van der Waals surface area (Å²) in [7, 11) is 0. The van der Waals surface area contributed by atoms with Crippen LogP contribution in [0.1, 0.15) is 19.8 Å². The fraction of sp³-hybridized carbons (Fsp3) is 0.667. The van der Waals surface area contributed by atoms with Gasteiger partial charge in [0, 0.05) is 11.5 Å². The van der Waals surface area contributed by atoms with Gasteiger partial charge in [0.05, 0.1) is 29.8 Å². The summed E-state index contributed by atoms with van der Waals surface area (Å²) in [6.07, 6.45) is 0.597. The summed E-state index contributed by atoms with van der Waals surface area (Å²) < 4.78 is 5.50. The van der Waals surface area contributed by atoms with Crippen molar-refractivity contribution in [3.8, 4) is 0 Å². The number of carboxylic acids is 1. The van der Waals surface area contributed by atoms with Crippen LogP contribution < -0.4 is 5.11 Å². The SMILES string of the molecule is C[C@H](O)[C@@H]1C(=O)N2C(C(=O)[O-])=C([C@H]3CCCO3)S[C@H]12. The van der Waals surface area contributed by atoms with Crippen molar-refractivity contribution in [2.45, 2.75) is 37.3 Å². The lowest BCUT2D eigenvalue weighted by molar-refractivity contribution is -0.301. The van der Waals surface area contributed by atoms with Crippen LogP contribution in [-0.4, -0.2) is 46.1 Å². The quantitative estimate of drug-likeness (QED) is 0.671. The van der Waals surface area contributed by atoms with Crippen molar-refractivity contribution in [2.75, 3.05) is 6.61 Å². The molecule has 104 valence electrons. The van der Waals surface area contributed by atoms with Crippen LogP contribution in [0.25, 0.3) is 0 Å². The van der Waals surface area contributed by atoms with Crippen molar-refractivity contribution in [1.29, 1.82) is 0 Å². The number of amides is 1. The first-order valence-corrected chi connectivity index (χ1v) is 7.15. The van der Waals surface area contributed by atoms with Gasteiger partial charge in [0.25, 0.3) is 0 Å². The Bertz CT molecular complexity index is 469. The van der Waals surface area contributed by atoms with Gasteiger partial charge in [-0.15, -0.1) is 0 Å². The van der Waals surface area contributed by atoms with E-state index in [1.807, 2.05) is 0 Å². The number of aliphatic carboxylic acids is 1. The number of nitrogens with zero attached hydrogens (tertiary/aromatic N) is 1. The topological polar surface area (TPSA) is 89.9 Å². The Labute approximate surface area is 114 Å². The van der Waals surface area contributed by atoms with E-state index in [0.717, 1.165) is 12.8 Å². The molecule has 4 atom stereocenters. The third-order valence-electron chi connectivity index (χ3n) is 3.74. The van der Waals surface area contributed by atoms with Gasteiger partial charge in [-0.2, -0.15) is 0 Å². The second-order valence-corrected chi connectivity index (χ2v) is 6.14. The summed E-state index contributed by atoms with van der Waals surface area (Å²) in [5.74, 6) is -2.24. The summed E-state index contributed by atoms with van der Waals surface area (Å²) in [5, 5.41) is 20.5. The predicted octanol–water partition coefficient (Wildman–Crippen LogP) is -0.961. The molecule has 3 aliphatic heterocycles. The van der Waals surface area contributed by atoms with E-state index in [4.69, 9.17) is 4.74 Å². The zero-order valence-electron chi connectivity index (χ0n) is 10.4. The summed E-state index contributed by atoms with van der Waals surface area (Å²) >= 11 is 1.31. The number of rotatable bonds is 3. The van der Waals surface area contributed by atoms with Crippen LogP contribution in [0.3, 0.4) is 0 Å². The van der Waals surface area contributed by atoms with Crippen molar-refractivity contribution in [1.82, 2.24) is 4.90 Å². The minimum absolute atomic E-state index is 0.0659. The Morgan fingerprint density at radius 2 is 2.37 bits per heavy atom. The molecule has 0 radical (unpaired) electrons. The highest BCUT2D eigenvalue weighted by Gasteiger charge is 2.57. The molecule has 7 heteroatoms. The summed E-state index contributed by atoms with van der Waals surface area (Å²) in [6.45, 7) is 2.15. The third-order valence-corrected chi connectivity index (χ3v) is 5.20. The first-order valence-electron chi connectivity index (χ1n) is 6.27. The average Bonchev–Trinajstić information content (AvgIpc) is 2.92. The lowest BCUT2D eigenvalue weighted by atomic mass is 9.92. The zero-order valence-corrected chi connectivity index (χ0v) is 11.2. The number of carbonyl (C=O) groups is 2. The molecule has 0 bridgehead atoms. The van der Waals surface area contributed by atoms with E-state index in [1.165, 1.54) is 16.7 Å². The largest absolute Gasteiger partial charge is 0.543 e. The maximum Gasteiger partial charge on any atom is 0.236 e. The molecule has 0 aromatic heterocycles. The second-order valence-electron chi connectivity index (χ2n) is 4.99. The van der Waals surface area contributed by atoms with E-state index in [-0.39, 0.29) is 23.1 Å². The molecule has 6 nitrogen and oxygen atoms in total. The van der Waals surface area contributed by atoms with E-state index in [0.29, 0.717) is 11.5 Å². The number of aliphatic hydroxyl groups excluding tert-OH is 1. The Hall–Kier alpha value is -1.05. The molecule has 1 amide bonds. The normalized spacial score (nSPS) is 35.4. The highest BCUT2D eigenvalue weighted by Crippen LogP contribution is 2.52. The van der Waals surface area contributed by atoms with Crippen LogP contribution in [0.4, 0.5) is 0 Å². The number of carbonyl (C=O) groups excluding carboxylic acids is 2. The third kappa shape index (κ3) is 1.79. The molecule has 0 spiro atoms. The van der Waals surface area contributed by atoms with Crippen molar-refractivity contribution in [2.24, 2.45) is 5.92 Å². The highest BCUT2D eigenvalue weighted by molar-refractivity contribution is 8.04. The average molecular weight is 284 g/mol. The first kappa shape index (κ1) is 13.0. The minimum atomic E-state index is -1.35. The van der Waals surface area contributed by atoms with Crippen molar-refractivity contribution < 1.29 is 24.5 Å². The number of hydrogen-bond donors (Lipinski definition) is 1. The maximum atomic E-state index is 11.9. The smallest absolute Gasteiger partial charge is 0.236 e. The van der Waals surface area contributed by atoms with Crippen LogP contribution in [0.2, 0.25) is 0 Å². The lowest BCUT2D eigenvalue weighted by Crippen LogP contribution is -2.61. The number of thioether (sulfide) groups is 1. The van der Waals surface area contributed by atoms with Gasteiger partial charge in [0.15, 0.2) is 0 Å². The number of hydrogen-bond acceptors (Lipinski definition) is 6. The van der Waals surface area contributed by atoms with Crippen LogP contribution in [0.15, 0.2) is 10.6 Å². The molecule has 0 aromatic rings. The number of ether oxygens (including phenoxy) is 1. The molecule has 2 saturated heterocycles. The van der Waals surface area contributed by atoms with E-state index in [9.17, 15) is 19.8 Å². The fourth-order valence-corrected chi connectivity index (χ4v) is 4.51. The molecule has 1 N–H and O–H groups in total. The van der Waals surface area contributed by atoms with Crippen molar-refractivity contribution in [3.63, 3.8) is 0 Å². The van der Waals surface area contributed by atoms with Gasteiger partial charge >= 0.3 is 0 Å². The van der Waals surface area contributed by atoms with E-state index < -0.39 is 18.0 Å². The monoisotopic (exact) mass is 284 g/mol. The molecule has 0 unspecified atom stereocenters. The fourth-order valence-electron chi connectivity index (χ4n) is 2.81. The summed E-state index contributed by atoms with van der Waals surface area (Å²) in [5.41, 5.74) is -0.0659. The highest BCUT2D eigenvalue weighted by atomic mass is 32.2. The standard InChI is InChI=1S/C12H15NO5S/c1-5(14)7-10(15)13-8(12(16)17)9(19-11(7)13)6-3-2-4-18-6/h5-7,11,14H,2-4H2,1H3,(H,16,17)/p-1/t5-,6+,7+,11+/m0/s1. The van der Waals surface area contributed by atoms with Crippen molar-refractivity contribution in [3.05, 3.63) is 10.6 Å². The minimum Gasteiger partial charge on any atom is -0.543 e. The summed E-state index contributed by atoms with van der Waals surface area (Å²) in [6, 6.07) is 0. The molecule has 0 aromatic carbocycles. The number of aliphatic hydroxyl groups is 1. The van der Waals surface area contributed by atoms with Gasteiger partial charge in [0.2, 0.25) is 5.91 Å². The van der Waals surface area contributed by atoms with E-state index >= 15 is 0 Å². The maximum absolute atomic E-state index is 11.9. The molecule has 19 heavy (non-hydrogen) atoms. The van der Waals surface area contributed by atoms with Gasteiger partial charge in [0.1, 0.15) is 5.37 Å². The predicted molar refractivity (Wildman–Crippen MR) is 64.4 cm³/mol. The molecule has 3 heterocycles. The Kier molecular flexibility index (Phi) is 3.07. The molecule has 3 rings (SSSR count). The van der Waals surface area contributed by atoms with E-state index in [2.05, 4.69) is 0 Å². The van der Waals surface area contributed by atoms with Crippen LogP contribution in [0.5, 0.6) is 0 Å². The molecular weight excluding hydrogens is 270 g/mol. The summed E-state index contributed by atoms with van der Waals surface area (Å²) in [4.78, 5) is 25.0. The van der Waals surface area contributed by atoms with Crippen LogP contribution in [0, 0.1) is 5.92 Å². The van der Waals surface area contributed by atoms with Gasteiger partial charge in [-0.25, -0.2) is 0 Å². The number of β-lactam (4-membered cyclic amide) rings is 1. The number of carboxylic acid groups (broad SMARTS) is 1. The number of fused-ring (bicyclic) bond motifs is 1. The first-order chi connectivity index (χ1) is 9.02.